The van der Waals surface area contributed by atoms with E-state index in [1.807, 2.05) is 12.1 Å². The van der Waals surface area contributed by atoms with Crippen molar-refractivity contribution >= 4 is 16.7 Å². The molecule has 0 amide bonds. The zero-order valence-electron chi connectivity index (χ0n) is 20.5. The number of benzene rings is 2. The molecule has 1 aliphatic carbocycles. The van der Waals surface area contributed by atoms with Gasteiger partial charge in [-0.2, -0.15) is 0 Å². The number of carbonyl (C=O) groups excluding carboxylic acids is 1. The number of esters is 1. The Morgan fingerprint density at radius 3 is 2.22 bits per heavy atom. The fourth-order valence-electron chi connectivity index (χ4n) is 5.26. The van der Waals surface area contributed by atoms with E-state index in [4.69, 9.17) is 4.74 Å². The monoisotopic (exact) mass is 436 g/mol. The van der Waals surface area contributed by atoms with E-state index in [2.05, 4.69) is 38.1 Å². The van der Waals surface area contributed by atoms with Gasteiger partial charge in [0, 0.05) is 6.42 Å². The Bertz CT molecular complexity index is 817. The van der Waals surface area contributed by atoms with Gasteiger partial charge in [-0.1, -0.05) is 95.9 Å². The van der Waals surface area contributed by atoms with Crippen molar-refractivity contribution in [2.45, 2.75) is 116 Å². The molecule has 2 nitrogen and oxygen atoms in total. The summed E-state index contributed by atoms with van der Waals surface area (Å²) in [5.74, 6) is 2.21. The standard InChI is InChI=1S/C30H44O2/c1-3-5-7-8-9-11-12-24-14-16-25(17-15-24)26-18-19-28-23-29(21-20-27(28)22-26)32-30(31)13-10-6-4-2/h18-25H,3-17H2,1-2H3. The molecule has 0 N–H and O–H groups in total. The molecule has 3 rings (SSSR count). The molecule has 0 saturated heterocycles. The first kappa shape index (κ1) is 24.8. The number of fused-ring (bicyclic) bond motifs is 1. The van der Waals surface area contributed by atoms with Crippen LogP contribution in [-0.2, 0) is 4.79 Å². The van der Waals surface area contributed by atoms with Crippen LogP contribution in [0.25, 0.3) is 10.8 Å². The third-order valence-electron chi connectivity index (χ3n) is 7.34. The van der Waals surface area contributed by atoms with Crippen molar-refractivity contribution in [2.75, 3.05) is 0 Å². The number of hydrogen-bond acceptors (Lipinski definition) is 2. The summed E-state index contributed by atoms with van der Waals surface area (Å²) in [6.45, 7) is 4.43. The van der Waals surface area contributed by atoms with Gasteiger partial charge in [-0.05, 0) is 72.4 Å². The summed E-state index contributed by atoms with van der Waals surface area (Å²) in [5.41, 5.74) is 1.49. The smallest absolute Gasteiger partial charge is 0.311 e. The normalized spacial score (nSPS) is 18.7. The van der Waals surface area contributed by atoms with Gasteiger partial charge in [0.05, 0.1) is 0 Å². The van der Waals surface area contributed by atoms with Gasteiger partial charge in [0.25, 0.3) is 0 Å². The van der Waals surface area contributed by atoms with Crippen LogP contribution >= 0.6 is 0 Å². The summed E-state index contributed by atoms with van der Waals surface area (Å²) < 4.78 is 5.55. The summed E-state index contributed by atoms with van der Waals surface area (Å²) in [4.78, 5) is 12.0. The average molecular weight is 437 g/mol. The van der Waals surface area contributed by atoms with Crippen LogP contribution in [0.5, 0.6) is 5.75 Å². The zero-order chi connectivity index (χ0) is 22.6. The van der Waals surface area contributed by atoms with Crippen molar-refractivity contribution in [3.63, 3.8) is 0 Å². The first-order chi connectivity index (χ1) is 15.7. The minimum Gasteiger partial charge on any atom is -0.427 e. The molecule has 0 aliphatic heterocycles. The molecule has 0 aromatic heterocycles. The highest BCUT2D eigenvalue weighted by Gasteiger charge is 2.22. The van der Waals surface area contributed by atoms with Crippen LogP contribution in [0.15, 0.2) is 36.4 Å². The fraction of sp³-hybridized carbons (Fsp3) is 0.633. The largest absolute Gasteiger partial charge is 0.427 e. The van der Waals surface area contributed by atoms with Gasteiger partial charge in [-0.15, -0.1) is 0 Å². The molecule has 0 unspecified atom stereocenters. The molecule has 0 heterocycles. The lowest BCUT2D eigenvalue weighted by Crippen LogP contribution is -2.13. The second-order valence-electron chi connectivity index (χ2n) is 9.97. The van der Waals surface area contributed by atoms with Gasteiger partial charge in [0.2, 0.25) is 0 Å². The molecular formula is C30H44O2. The molecule has 0 bridgehead atoms. The first-order valence-corrected chi connectivity index (χ1v) is 13.4. The van der Waals surface area contributed by atoms with E-state index in [-0.39, 0.29) is 5.97 Å². The van der Waals surface area contributed by atoms with E-state index < -0.39 is 0 Å². The summed E-state index contributed by atoms with van der Waals surface area (Å²) in [6, 6.07) is 12.9. The first-order valence-electron chi connectivity index (χ1n) is 13.4. The van der Waals surface area contributed by atoms with Crippen LogP contribution in [0.1, 0.15) is 122 Å². The molecule has 176 valence electrons. The van der Waals surface area contributed by atoms with Gasteiger partial charge in [-0.3, -0.25) is 4.79 Å². The van der Waals surface area contributed by atoms with Crippen molar-refractivity contribution in [1.82, 2.24) is 0 Å². The Morgan fingerprint density at radius 2 is 1.44 bits per heavy atom. The predicted molar refractivity (Wildman–Crippen MR) is 136 cm³/mol. The van der Waals surface area contributed by atoms with Crippen molar-refractivity contribution in [1.29, 1.82) is 0 Å². The second-order valence-corrected chi connectivity index (χ2v) is 9.97. The van der Waals surface area contributed by atoms with E-state index in [0.29, 0.717) is 18.1 Å². The maximum Gasteiger partial charge on any atom is 0.311 e. The molecule has 0 atom stereocenters. The Kier molecular flexibility index (Phi) is 10.6. The maximum atomic E-state index is 12.0. The minimum atomic E-state index is -0.118. The van der Waals surface area contributed by atoms with Crippen molar-refractivity contribution in [3.8, 4) is 5.75 Å². The van der Waals surface area contributed by atoms with Crippen LogP contribution in [0, 0.1) is 5.92 Å². The molecule has 1 fully saturated rings. The van der Waals surface area contributed by atoms with Gasteiger partial charge < -0.3 is 4.74 Å². The van der Waals surface area contributed by atoms with Gasteiger partial charge in [0.1, 0.15) is 5.75 Å². The Hall–Kier alpha value is -1.83. The summed E-state index contributed by atoms with van der Waals surface area (Å²) in [6.07, 6.45) is 19.0. The average Bonchev–Trinajstić information content (AvgIpc) is 2.81. The number of ether oxygens (including phenoxy) is 1. The van der Waals surface area contributed by atoms with Crippen molar-refractivity contribution in [3.05, 3.63) is 42.0 Å². The van der Waals surface area contributed by atoms with Crippen LogP contribution in [0.3, 0.4) is 0 Å². The van der Waals surface area contributed by atoms with E-state index in [9.17, 15) is 4.79 Å². The lowest BCUT2D eigenvalue weighted by Gasteiger charge is -2.29. The van der Waals surface area contributed by atoms with E-state index in [1.165, 1.54) is 81.6 Å². The molecule has 1 saturated carbocycles. The van der Waals surface area contributed by atoms with Gasteiger partial charge >= 0.3 is 5.97 Å². The third kappa shape index (κ3) is 7.94. The molecule has 32 heavy (non-hydrogen) atoms. The quantitative estimate of drug-likeness (QED) is 0.177. The molecule has 0 spiro atoms. The summed E-state index contributed by atoms with van der Waals surface area (Å²) >= 11 is 0. The summed E-state index contributed by atoms with van der Waals surface area (Å²) in [7, 11) is 0. The minimum absolute atomic E-state index is 0.118. The molecule has 2 aromatic carbocycles. The topological polar surface area (TPSA) is 26.3 Å². The van der Waals surface area contributed by atoms with E-state index >= 15 is 0 Å². The van der Waals surface area contributed by atoms with Crippen LogP contribution in [0.2, 0.25) is 0 Å². The van der Waals surface area contributed by atoms with Crippen LogP contribution in [-0.4, -0.2) is 5.97 Å². The van der Waals surface area contributed by atoms with Gasteiger partial charge in [-0.25, -0.2) is 0 Å². The highest BCUT2D eigenvalue weighted by Crippen LogP contribution is 2.38. The summed E-state index contributed by atoms with van der Waals surface area (Å²) in [5, 5.41) is 2.41. The third-order valence-corrected chi connectivity index (χ3v) is 7.34. The fourth-order valence-corrected chi connectivity index (χ4v) is 5.26. The SMILES string of the molecule is CCCCCCCCC1CCC(c2ccc3cc(OC(=O)CCCCC)ccc3c2)CC1. The molecule has 2 aromatic rings. The lowest BCUT2D eigenvalue weighted by molar-refractivity contribution is -0.134. The predicted octanol–water partition coefficient (Wildman–Crippen LogP) is 9.35. The maximum absolute atomic E-state index is 12.0. The highest BCUT2D eigenvalue weighted by atomic mass is 16.5. The number of carbonyl (C=O) groups is 1. The van der Waals surface area contributed by atoms with Crippen LogP contribution < -0.4 is 4.74 Å². The molecule has 2 heteroatoms. The highest BCUT2D eigenvalue weighted by molar-refractivity contribution is 5.85. The molecular weight excluding hydrogens is 392 g/mol. The van der Waals surface area contributed by atoms with Crippen molar-refractivity contribution in [2.24, 2.45) is 5.92 Å². The van der Waals surface area contributed by atoms with E-state index in [0.717, 1.165) is 30.6 Å². The van der Waals surface area contributed by atoms with Crippen LogP contribution in [0.4, 0.5) is 0 Å². The number of rotatable bonds is 13. The molecule has 1 aliphatic rings. The Labute approximate surface area is 196 Å². The number of unbranched alkanes of at least 4 members (excludes halogenated alkanes) is 7. The van der Waals surface area contributed by atoms with Crippen molar-refractivity contribution < 1.29 is 9.53 Å². The van der Waals surface area contributed by atoms with Gasteiger partial charge in [0.15, 0.2) is 0 Å². The number of hydrogen-bond donors (Lipinski definition) is 0. The second kappa shape index (κ2) is 13.7. The zero-order valence-corrected chi connectivity index (χ0v) is 20.5. The Morgan fingerprint density at radius 1 is 0.781 bits per heavy atom. The van der Waals surface area contributed by atoms with E-state index in [1.54, 1.807) is 0 Å². The molecule has 0 radical (unpaired) electrons. The lowest BCUT2D eigenvalue weighted by atomic mass is 9.76. The Balaban J connectivity index is 1.46.